The first-order valence-electron chi connectivity index (χ1n) is 5.98. The average Bonchev–Trinajstić information content (AvgIpc) is 2.27. The third-order valence-electron chi connectivity index (χ3n) is 2.88. The van der Waals surface area contributed by atoms with Crippen LogP contribution < -0.4 is 15.8 Å². The van der Waals surface area contributed by atoms with E-state index in [1.54, 1.807) is 7.11 Å². The van der Waals surface area contributed by atoms with Gasteiger partial charge in [0.1, 0.15) is 5.75 Å². The number of benzene rings is 1. The minimum absolute atomic E-state index is 0.0204. The third kappa shape index (κ3) is 3.45. The molecule has 0 aliphatic carbocycles. The molecule has 0 saturated carbocycles. The summed E-state index contributed by atoms with van der Waals surface area (Å²) >= 11 is 0. The van der Waals surface area contributed by atoms with Crippen molar-refractivity contribution >= 4 is 0 Å². The number of nitrogens with one attached hydrogen (secondary N) is 1. The van der Waals surface area contributed by atoms with Crippen LogP contribution in [0.2, 0.25) is 0 Å². The molecule has 0 aliphatic heterocycles. The number of rotatable bonds is 4. The largest absolute Gasteiger partial charge is 0.496 e. The van der Waals surface area contributed by atoms with Gasteiger partial charge in [0.25, 0.3) is 0 Å². The maximum atomic E-state index is 6.11. The molecule has 1 atom stereocenters. The highest BCUT2D eigenvalue weighted by Crippen LogP contribution is 2.32. The van der Waals surface area contributed by atoms with E-state index in [4.69, 9.17) is 10.5 Å². The van der Waals surface area contributed by atoms with Crippen LogP contribution >= 0.6 is 0 Å². The topological polar surface area (TPSA) is 47.3 Å². The Bertz CT molecular complexity index is 369. The molecule has 0 saturated heterocycles. The van der Waals surface area contributed by atoms with E-state index < -0.39 is 0 Å². The maximum Gasteiger partial charge on any atom is 0.122 e. The molecule has 0 bridgehead atoms. The second kappa shape index (κ2) is 5.52. The lowest BCUT2D eigenvalue weighted by Gasteiger charge is -2.24. The summed E-state index contributed by atoms with van der Waals surface area (Å²) in [6.07, 6.45) is 0. The minimum atomic E-state index is 0.0204. The molecule has 96 valence electrons. The Balaban J connectivity index is 3.13. The summed E-state index contributed by atoms with van der Waals surface area (Å²) < 4.78 is 5.41. The minimum Gasteiger partial charge on any atom is -0.496 e. The Morgan fingerprint density at radius 1 is 1.35 bits per heavy atom. The van der Waals surface area contributed by atoms with Crippen LogP contribution in [0.25, 0.3) is 0 Å². The Morgan fingerprint density at radius 2 is 2.00 bits per heavy atom. The van der Waals surface area contributed by atoms with E-state index in [0.717, 1.165) is 17.9 Å². The summed E-state index contributed by atoms with van der Waals surface area (Å²) in [5, 5.41) is 3.10. The summed E-state index contributed by atoms with van der Waals surface area (Å²) in [5.41, 5.74) is 8.50. The monoisotopic (exact) mass is 236 g/mol. The number of hydrogen-bond acceptors (Lipinski definition) is 3. The molecule has 17 heavy (non-hydrogen) atoms. The second-order valence-corrected chi connectivity index (χ2v) is 5.37. The normalized spacial score (nSPS) is 13.5. The summed E-state index contributed by atoms with van der Waals surface area (Å²) in [6.45, 7) is 7.31. The van der Waals surface area contributed by atoms with E-state index in [0.29, 0.717) is 0 Å². The Kier molecular flexibility index (Phi) is 4.54. The quantitative estimate of drug-likeness (QED) is 0.842. The zero-order chi connectivity index (χ0) is 13.1. The molecule has 3 heteroatoms. The van der Waals surface area contributed by atoms with Crippen LogP contribution in [0.5, 0.6) is 5.75 Å². The van der Waals surface area contributed by atoms with Crippen LogP contribution in [0, 0.1) is 0 Å². The number of hydrogen-bond donors (Lipinski definition) is 2. The van der Waals surface area contributed by atoms with Gasteiger partial charge in [0, 0.05) is 12.6 Å². The number of ether oxygens (including phenoxy) is 1. The van der Waals surface area contributed by atoms with E-state index in [1.165, 1.54) is 5.56 Å². The van der Waals surface area contributed by atoms with E-state index in [2.05, 4.69) is 32.2 Å². The molecule has 3 N–H and O–H groups in total. The van der Waals surface area contributed by atoms with Gasteiger partial charge in [0.2, 0.25) is 0 Å². The third-order valence-corrected chi connectivity index (χ3v) is 2.88. The molecular weight excluding hydrogens is 212 g/mol. The highest BCUT2D eigenvalue weighted by atomic mass is 16.5. The van der Waals surface area contributed by atoms with Gasteiger partial charge in [-0.1, -0.05) is 26.8 Å². The van der Waals surface area contributed by atoms with Crippen molar-refractivity contribution in [3.63, 3.8) is 0 Å². The Morgan fingerprint density at radius 3 is 2.47 bits per heavy atom. The van der Waals surface area contributed by atoms with E-state index >= 15 is 0 Å². The lowest BCUT2D eigenvalue weighted by atomic mass is 9.84. The van der Waals surface area contributed by atoms with Crippen LogP contribution in [-0.2, 0) is 5.41 Å². The second-order valence-electron chi connectivity index (χ2n) is 5.37. The summed E-state index contributed by atoms with van der Waals surface area (Å²) in [6, 6.07) is 6.22. The van der Waals surface area contributed by atoms with Gasteiger partial charge in [0.05, 0.1) is 7.11 Å². The smallest absolute Gasteiger partial charge is 0.122 e. The highest BCUT2D eigenvalue weighted by molar-refractivity contribution is 5.42. The zero-order valence-electron chi connectivity index (χ0n) is 11.5. The van der Waals surface area contributed by atoms with Crippen LogP contribution in [0.3, 0.4) is 0 Å². The molecule has 0 amide bonds. The molecule has 0 aromatic heterocycles. The van der Waals surface area contributed by atoms with Gasteiger partial charge in [0.15, 0.2) is 0 Å². The van der Waals surface area contributed by atoms with Crippen LogP contribution in [0.15, 0.2) is 18.2 Å². The molecule has 1 aromatic rings. The van der Waals surface area contributed by atoms with Gasteiger partial charge in [-0.15, -0.1) is 0 Å². The molecule has 3 nitrogen and oxygen atoms in total. The summed E-state index contributed by atoms with van der Waals surface area (Å²) in [7, 11) is 3.62. The molecule has 1 unspecified atom stereocenters. The SMILES string of the molecule is CNCC(N)c1ccc(OC)c(C(C)(C)C)c1. The van der Waals surface area contributed by atoms with Crippen molar-refractivity contribution in [3.05, 3.63) is 29.3 Å². The van der Waals surface area contributed by atoms with E-state index in [9.17, 15) is 0 Å². The maximum absolute atomic E-state index is 6.11. The lowest BCUT2D eigenvalue weighted by molar-refractivity contribution is 0.397. The fourth-order valence-electron chi connectivity index (χ4n) is 1.88. The molecule has 0 spiro atoms. The van der Waals surface area contributed by atoms with Crippen LogP contribution in [-0.4, -0.2) is 20.7 Å². The summed E-state index contributed by atoms with van der Waals surface area (Å²) in [4.78, 5) is 0. The van der Waals surface area contributed by atoms with E-state index in [-0.39, 0.29) is 11.5 Å². The van der Waals surface area contributed by atoms with Crippen molar-refractivity contribution in [3.8, 4) is 5.75 Å². The van der Waals surface area contributed by atoms with Crippen LogP contribution in [0.4, 0.5) is 0 Å². The van der Waals surface area contributed by atoms with Gasteiger partial charge >= 0.3 is 0 Å². The highest BCUT2D eigenvalue weighted by Gasteiger charge is 2.20. The first-order valence-corrected chi connectivity index (χ1v) is 5.98. The van der Waals surface area contributed by atoms with Gasteiger partial charge in [-0.3, -0.25) is 0 Å². The Hall–Kier alpha value is -1.06. The fourth-order valence-corrected chi connectivity index (χ4v) is 1.88. The van der Waals surface area contributed by atoms with Crippen LogP contribution in [0.1, 0.15) is 37.9 Å². The number of methoxy groups -OCH3 is 1. The predicted octanol–water partition coefficient (Wildman–Crippen LogP) is 2.21. The number of nitrogens with two attached hydrogens (primary N) is 1. The van der Waals surface area contributed by atoms with E-state index in [1.807, 2.05) is 19.2 Å². The van der Waals surface area contributed by atoms with Gasteiger partial charge in [-0.2, -0.15) is 0 Å². The fraction of sp³-hybridized carbons (Fsp3) is 0.571. The first kappa shape index (κ1) is 14.0. The first-order chi connectivity index (χ1) is 7.90. The van der Waals surface area contributed by atoms with Gasteiger partial charge in [-0.25, -0.2) is 0 Å². The molecule has 0 aliphatic rings. The average molecular weight is 236 g/mol. The number of likely N-dealkylation sites (N-methyl/N-ethyl adjacent to an activating group) is 1. The standard InChI is InChI=1S/C14H24N2O/c1-14(2,3)11-8-10(12(15)9-16-4)6-7-13(11)17-5/h6-8,12,16H,9,15H2,1-5H3. The molecule has 0 fully saturated rings. The lowest BCUT2D eigenvalue weighted by Crippen LogP contribution is -2.24. The molecule has 1 rings (SSSR count). The zero-order valence-corrected chi connectivity index (χ0v) is 11.5. The van der Waals surface area contributed by atoms with Crippen molar-refractivity contribution in [2.75, 3.05) is 20.7 Å². The van der Waals surface area contributed by atoms with Crippen molar-refractivity contribution < 1.29 is 4.74 Å². The van der Waals surface area contributed by atoms with Crippen molar-refractivity contribution in [1.29, 1.82) is 0 Å². The predicted molar refractivity (Wildman–Crippen MR) is 72.5 cm³/mol. The molecular formula is C14H24N2O. The Labute approximate surface area is 104 Å². The summed E-state index contributed by atoms with van der Waals surface area (Å²) in [5.74, 6) is 0.929. The van der Waals surface area contributed by atoms with Crippen molar-refractivity contribution in [1.82, 2.24) is 5.32 Å². The molecule has 0 radical (unpaired) electrons. The van der Waals surface area contributed by atoms with Crippen molar-refractivity contribution in [2.45, 2.75) is 32.2 Å². The molecule has 1 aromatic carbocycles. The molecule has 0 heterocycles. The van der Waals surface area contributed by atoms with Crippen molar-refractivity contribution in [2.24, 2.45) is 5.73 Å². The van der Waals surface area contributed by atoms with Gasteiger partial charge < -0.3 is 15.8 Å². The van der Waals surface area contributed by atoms with Gasteiger partial charge in [-0.05, 0) is 35.7 Å².